The third-order valence-corrected chi connectivity index (χ3v) is 7.72. The number of aryl methyl sites for hydroxylation is 1. The number of fused-ring (bicyclic) bond motifs is 1. The number of hydrogen-bond acceptors (Lipinski definition) is 10. The van der Waals surface area contributed by atoms with Crippen molar-refractivity contribution in [3.05, 3.63) is 77.2 Å². The maximum Gasteiger partial charge on any atom is 0.245 e. The molecular weight excluding hydrogens is 520 g/mol. The first-order chi connectivity index (χ1) is 19.7. The fourth-order valence-electron chi connectivity index (χ4n) is 5.20. The first kappa shape index (κ1) is 26.7. The van der Waals surface area contributed by atoms with E-state index in [4.69, 9.17) is 34.7 Å². The van der Waals surface area contributed by atoms with Crippen LogP contribution in [0, 0.1) is 6.92 Å². The number of rotatable bonds is 9. The Morgan fingerprint density at radius 3 is 2.56 bits per heavy atom. The van der Waals surface area contributed by atoms with Crippen LogP contribution in [0.15, 0.2) is 53.4 Å². The summed E-state index contributed by atoms with van der Waals surface area (Å²) < 4.78 is 18.3. The van der Waals surface area contributed by atoms with Crippen molar-refractivity contribution in [3.8, 4) is 23.1 Å². The summed E-state index contributed by atoms with van der Waals surface area (Å²) >= 11 is 0. The number of hydrogen-bond donors (Lipinski definition) is 2. The van der Waals surface area contributed by atoms with Crippen LogP contribution in [0.2, 0.25) is 0 Å². The Balaban J connectivity index is 1.28. The molecule has 0 radical (unpaired) electrons. The van der Waals surface area contributed by atoms with Crippen molar-refractivity contribution < 1.29 is 13.9 Å². The van der Waals surface area contributed by atoms with Crippen LogP contribution in [-0.2, 0) is 12.1 Å². The lowest BCUT2D eigenvalue weighted by atomic mass is 9.71. The van der Waals surface area contributed by atoms with Gasteiger partial charge in [0.1, 0.15) is 23.5 Å². The monoisotopic (exact) mass is 554 g/mol. The number of nitrogens with zero attached hydrogens (tertiary/aromatic N) is 6. The van der Waals surface area contributed by atoms with E-state index in [1.807, 2.05) is 51.2 Å². The Bertz CT molecular complexity index is 1670. The lowest BCUT2D eigenvalue weighted by Gasteiger charge is -2.33. The van der Waals surface area contributed by atoms with Crippen molar-refractivity contribution in [1.29, 1.82) is 0 Å². The second-order valence-corrected chi connectivity index (χ2v) is 11.0. The van der Waals surface area contributed by atoms with Gasteiger partial charge in [-0.2, -0.15) is 4.52 Å². The number of aromatic nitrogens is 6. The molecule has 11 nitrogen and oxygen atoms in total. The molecule has 0 amide bonds. The second-order valence-electron chi connectivity index (χ2n) is 11.0. The van der Waals surface area contributed by atoms with Gasteiger partial charge in [0.15, 0.2) is 11.5 Å². The van der Waals surface area contributed by atoms with E-state index in [9.17, 15) is 0 Å². The summed E-state index contributed by atoms with van der Waals surface area (Å²) in [5.41, 5.74) is 11.0. The van der Waals surface area contributed by atoms with E-state index in [1.54, 1.807) is 24.9 Å². The Morgan fingerprint density at radius 2 is 1.90 bits per heavy atom. The maximum absolute atomic E-state index is 6.20. The van der Waals surface area contributed by atoms with E-state index < -0.39 is 5.54 Å². The molecule has 4 aromatic heterocycles. The zero-order chi connectivity index (χ0) is 28.7. The minimum Gasteiger partial charge on any atom is -0.497 e. The van der Waals surface area contributed by atoms with Crippen LogP contribution in [0.5, 0.6) is 11.5 Å². The van der Waals surface area contributed by atoms with Crippen LogP contribution in [-0.4, -0.2) is 43.8 Å². The van der Waals surface area contributed by atoms with E-state index in [-0.39, 0.29) is 5.92 Å². The largest absolute Gasteiger partial charge is 0.497 e. The van der Waals surface area contributed by atoms with Gasteiger partial charge in [0.05, 0.1) is 31.6 Å². The fourth-order valence-corrected chi connectivity index (χ4v) is 5.20. The average Bonchev–Trinajstić information content (AvgIpc) is 3.63. The van der Waals surface area contributed by atoms with Gasteiger partial charge in [-0.1, -0.05) is 6.07 Å². The molecule has 0 bridgehead atoms. The Hall–Kier alpha value is -4.51. The molecule has 0 atom stereocenters. The quantitative estimate of drug-likeness (QED) is 0.257. The number of anilines is 1. The molecule has 1 aromatic carbocycles. The van der Waals surface area contributed by atoms with Gasteiger partial charge < -0.3 is 24.9 Å². The third kappa shape index (κ3) is 5.08. The molecule has 0 saturated heterocycles. The topological polar surface area (TPSA) is 139 Å². The van der Waals surface area contributed by atoms with Crippen molar-refractivity contribution in [1.82, 2.24) is 29.5 Å². The standard InChI is InChI=1S/C30H34N8O3/c1-17-25(28-32-10-11-41-28)35-29(34-16-19-6-8-22(39-4)14-23(19)40-5)38-27(17)36-26(37-38)21-12-20(13-21)18-7-9-24(33-15-18)30(2,3)31/h6-11,14-15,20-21H,12-13,16,31H2,1-5H3,(H,34,35). The highest BCUT2D eigenvalue weighted by molar-refractivity contribution is 5.66. The SMILES string of the molecule is COc1ccc(CNc2nc(-c3ncco3)c(C)c3nc(C4CC(c5ccc(C(C)(C)N)nc5)C4)nn23)c(OC)c1. The molecule has 1 aliphatic rings. The summed E-state index contributed by atoms with van der Waals surface area (Å²) in [5, 5.41) is 8.35. The molecule has 0 unspecified atom stereocenters. The fraction of sp³-hybridized carbons (Fsp3) is 0.367. The van der Waals surface area contributed by atoms with Crippen LogP contribution < -0.4 is 20.5 Å². The lowest BCUT2D eigenvalue weighted by Crippen LogP contribution is -2.30. The van der Waals surface area contributed by atoms with Crippen molar-refractivity contribution in [2.45, 2.75) is 57.5 Å². The summed E-state index contributed by atoms with van der Waals surface area (Å²) in [5.74, 6) is 3.86. The maximum atomic E-state index is 6.20. The van der Waals surface area contributed by atoms with Crippen LogP contribution >= 0.6 is 0 Å². The molecule has 1 aliphatic carbocycles. The van der Waals surface area contributed by atoms with Gasteiger partial charge in [0, 0.05) is 35.9 Å². The van der Waals surface area contributed by atoms with Gasteiger partial charge in [-0.25, -0.2) is 15.0 Å². The molecule has 1 saturated carbocycles. The second kappa shape index (κ2) is 10.5. The highest BCUT2D eigenvalue weighted by atomic mass is 16.5. The van der Waals surface area contributed by atoms with E-state index in [0.29, 0.717) is 41.4 Å². The number of oxazole rings is 1. The molecule has 5 aromatic rings. The summed E-state index contributed by atoms with van der Waals surface area (Å²) in [4.78, 5) is 18.8. The van der Waals surface area contributed by atoms with E-state index in [2.05, 4.69) is 21.4 Å². The minimum atomic E-state index is -0.457. The number of pyridine rings is 1. The van der Waals surface area contributed by atoms with Crippen molar-refractivity contribution in [2.75, 3.05) is 19.5 Å². The first-order valence-electron chi connectivity index (χ1n) is 13.6. The lowest BCUT2D eigenvalue weighted by molar-refractivity contribution is 0.337. The third-order valence-electron chi connectivity index (χ3n) is 7.72. The van der Waals surface area contributed by atoms with Gasteiger partial charge in [-0.15, -0.1) is 5.10 Å². The van der Waals surface area contributed by atoms with Crippen molar-refractivity contribution >= 4 is 11.6 Å². The highest BCUT2D eigenvalue weighted by Gasteiger charge is 2.35. The number of methoxy groups -OCH3 is 2. The van der Waals surface area contributed by atoms with Crippen molar-refractivity contribution in [3.63, 3.8) is 0 Å². The number of benzene rings is 1. The Morgan fingerprint density at radius 1 is 1.07 bits per heavy atom. The molecule has 0 spiro atoms. The van der Waals surface area contributed by atoms with Crippen LogP contribution in [0.1, 0.15) is 66.7 Å². The molecule has 0 aliphatic heterocycles. The Kier molecular flexibility index (Phi) is 6.82. The molecular formula is C30H34N8O3. The molecule has 3 N–H and O–H groups in total. The van der Waals surface area contributed by atoms with Gasteiger partial charge in [0.25, 0.3) is 0 Å². The molecule has 1 fully saturated rings. The van der Waals surface area contributed by atoms with Gasteiger partial charge >= 0.3 is 0 Å². The predicted octanol–water partition coefficient (Wildman–Crippen LogP) is 4.97. The summed E-state index contributed by atoms with van der Waals surface area (Å²) in [6, 6.07) is 9.88. The number of nitrogens with one attached hydrogen (secondary N) is 1. The first-order valence-corrected chi connectivity index (χ1v) is 13.6. The number of ether oxygens (including phenoxy) is 2. The Labute approximate surface area is 238 Å². The van der Waals surface area contributed by atoms with Gasteiger partial charge in [0.2, 0.25) is 11.8 Å². The summed E-state index contributed by atoms with van der Waals surface area (Å²) in [6.45, 7) is 6.34. The van der Waals surface area contributed by atoms with E-state index in [1.165, 1.54) is 11.8 Å². The minimum absolute atomic E-state index is 0.240. The van der Waals surface area contributed by atoms with E-state index >= 15 is 0 Å². The average molecular weight is 555 g/mol. The molecule has 4 heterocycles. The zero-order valence-electron chi connectivity index (χ0n) is 23.9. The summed E-state index contributed by atoms with van der Waals surface area (Å²) in [7, 11) is 3.27. The number of nitrogens with two attached hydrogens (primary N) is 1. The highest BCUT2D eigenvalue weighted by Crippen LogP contribution is 2.46. The van der Waals surface area contributed by atoms with Crippen LogP contribution in [0.3, 0.4) is 0 Å². The normalized spacial score (nSPS) is 16.9. The van der Waals surface area contributed by atoms with E-state index in [0.717, 1.165) is 41.2 Å². The molecule has 6 rings (SSSR count). The molecule has 11 heteroatoms. The van der Waals surface area contributed by atoms with Crippen LogP contribution in [0.4, 0.5) is 5.95 Å². The summed E-state index contributed by atoms with van der Waals surface area (Å²) in [6.07, 6.45) is 7.00. The predicted molar refractivity (Wildman–Crippen MR) is 154 cm³/mol. The van der Waals surface area contributed by atoms with Crippen LogP contribution in [0.25, 0.3) is 17.2 Å². The smallest absolute Gasteiger partial charge is 0.245 e. The van der Waals surface area contributed by atoms with Crippen molar-refractivity contribution in [2.24, 2.45) is 5.73 Å². The van der Waals surface area contributed by atoms with Gasteiger partial charge in [-0.3, -0.25) is 4.98 Å². The zero-order valence-corrected chi connectivity index (χ0v) is 23.9. The van der Waals surface area contributed by atoms with Gasteiger partial charge in [-0.05, 0) is 63.3 Å². The molecule has 212 valence electrons. The molecule has 41 heavy (non-hydrogen) atoms.